The molecule has 0 amide bonds. The zero-order valence-electron chi connectivity index (χ0n) is 9.88. The van der Waals surface area contributed by atoms with Crippen LogP contribution in [0.4, 0.5) is 0 Å². The third-order valence-electron chi connectivity index (χ3n) is 4.35. The molecule has 0 bridgehead atoms. The van der Waals surface area contributed by atoms with Crippen molar-refractivity contribution in [3.63, 3.8) is 0 Å². The molecule has 1 heterocycles. The standard InChI is InChI=1S/C12H21NO2/c1-8-10(11(14)15-3)7-9-5-4-6-12(9,2)13-8/h8-10,13H,4-7H2,1-3H3. The fourth-order valence-electron chi connectivity index (χ4n) is 3.39. The molecule has 3 nitrogen and oxygen atoms in total. The van der Waals surface area contributed by atoms with Crippen LogP contribution < -0.4 is 5.32 Å². The molecule has 1 saturated carbocycles. The van der Waals surface area contributed by atoms with Gasteiger partial charge in [0.25, 0.3) is 0 Å². The lowest BCUT2D eigenvalue weighted by atomic mass is 9.75. The molecule has 15 heavy (non-hydrogen) atoms. The lowest BCUT2D eigenvalue weighted by Gasteiger charge is -2.44. The predicted molar refractivity (Wildman–Crippen MR) is 58.5 cm³/mol. The van der Waals surface area contributed by atoms with E-state index in [4.69, 9.17) is 4.74 Å². The van der Waals surface area contributed by atoms with E-state index in [0.717, 1.165) is 6.42 Å². The number of hydrogen-bond acceptors (Lipinski definition) is 3. The molecule has 0 aromatic rings. The Kier molecular flexibility index (Phi) is 2.75. The maximum absolute atomic E-state index is 11.6. The Morgan fingerprint density at radius 3 is 2.93 bits per heavy atom. The second-order valence-electron chi connectivity index (χ2n) is 5.30. The lowest BCUT2D eigenvalue weighted by Crippen LogP contribution is -2.58. The summed E-state index contributed by atoms with van der Waals surface area (Å²) in [5.74, 6) is 0.646. The van der Waals surface area contributed by atoms with Gasteiger partial charge < -0.3 is 10.1 Å². The van der Waals surface area contributed by atoms with Crippen molar-refractivity contribution in [3.05, 3.63) is 0 Å². The number of esters is 1. The zero-order chi connectivity index (χ0) is 11.1. The molecular weight excluding hydrogens is 190 g/mol. The Bertz CT molecular complexity index is 266. The van der Waals surface area contributed by atoms with Crippen molar-refractivity contribution in [3.8, 4) is 0 Å². The Hall–Kier alpha value is -0.570. The molecule has 1 saturated heterocycles. The summed E-state index contributed by atoms with van der Waals surface area (Å²) in [5, 5.41) is 3.62. The SMILES string of the molecule is COC(=O)C1CC2CCCC2(C)NC1C. The molecule has 4 atom stereocenters. The summed E-state index contributed by atoms with van der Waals surface area (Å²) >= 11 is 0. The van der Waals surface area contributed by atoms with E-state index in [1.54, 1.807) is 0 Å². The third kappa shape index (κ3) is 1.78. The topological polar surface area (TPSA) is 38.3 Å². The highest BCUT2D eigenvalue weighted by Gasteiger charge is 2.47. The number of ether oxygens (including phenoxy) is 1. The van der Waals surface area contributed by atoms with Crippen LogP contribution >= 0.6 is 0 Å². The highest BCUT2D eigenvalue weighted by atomic mass is 16.5. The first kappa shape index (κ1) is 10.9. The van der Waals surface area contributed by atoms with Crippen LogP contribution in [0.5, 0.6) is 0 Å². The summed E-state index contributed by atoms with van der Waals surface area (Å²) in [6, 6.07) is 0.247. The molecule has 2 fully saturated rings. The number of nitrogens with one attached hydrogen (secondary N) is 1. The van der Waals surface area contributed by atoms with Gasteiger partial charge in [-0.2, -0.15) is 0 Å². The summed E-state index contributed by atoms with van der Waals surface area (Å²) in [6.45, 7) is 4.40. The van der Waals surface area contributed by atoms with Crippen LogP contribution in [0.1, 0.15) is 39.5 Å². The van der Waals surface area contributed by atoms with Gasteiger partial charge in [0.05, 0.1) is 13.0 Å². The summed E-state index contributed by atoms with van der Waals surface area (Å²) in [4.78, 5) is 11.6. The van der Waals surface area contributed by atoms with Gasteiger partial charge in [-0.25, -0.2) is 0 Å². The minimum atomic E-state index is -0.0519. The van der Waals surface area contributed by atoms with Gasteiger partial charge >= 0.3 is 5.97 Å². The minimum Gasteiger partial charge on any atom is -0.469 e. The normalized spacial score (nSPS) is 44.9. The van der Waals surface area contributed by atoms with Crippen LogP contribution in [0.25, 0.3) is 0 Å². The van der Waals surface area contributed by atoms with Crippen LogP contribution in [-0.4, -0.2) is 24.7 Å². The molecule has 0 radical (unpaired) electrons. The molecule has 1 aliphatic heterocycles. The van der Waals surface area contributed by atoms with Gasteiger partial charge in [0.2, 0.25) is 0 Å². The molecule has 0 aromatic heterocycles. The molecule has 1 N–H and O–H groups in total. The number of rotatable bonds is 1. The fourth-order valence-corrected chi connectivity index (χ4v) is 3.39. The van der Waals surface area contributed by atoms with Gasteiger partial charge in [-0.15, -0.1) is 0 Å². The van der Waals surface area contributed by atoms with Crippen LogP contribution in [0.3, 0.4) is 0 Å². The fraction of sp³-hybridized carbons (Fsp3) is 0.917. The summed E-state index contributed by atoms with van der Waals surface area (Å²) in [6.07, 6.45) is 4.78. The van der Waals surface area contributed by atoms with Crippen molar-refractivity contribution < 1.29 is 9.53 Å². The van der Waals surface area contributed by atoms with Crippen molar-refractivity contribution in [2.45, 2.75) is 51.1 Å². The first-order valence-corrected chi connectivity index (χ1v) is 5.92. The van der Waals surface area contributed by atoms with E-state index in [9.17, 15) is 4.79 Å². The zero-order valence-corrected chi connectivity index (χ0v) is 9.88. The Morgan fingerprint density at radius 2 is 2.27 bits per heavy atom. The quantitative estimate of drug-likeness (QED) is 0.671. The van der Waals surface area contributed by atoms with Crippen molar-refractivity contribution in [1.82, 2.24) is 5.32 Å². The largest absolute Gasteiger partial charge is 0.469 e. The number of piperidine rings is 1. The molecule has 3 heteroatoms. The summed E-state index contributed by atoms with van der Waals surface area (Å²) < 4.78 is 4.86. The van der Waals surface area contributed by atoms with Crippen LogP contribution in [0.2, 0.25) is 0 Å². The van der Waals surface area contributed by atoms with Crippen molar-refractivity contribution >= 4 is 5.97 Å². The van der Waals surface area contributed by atoms with Gasteiger partial charge in [-0.05, 0) is 39.0 Å². The second-order valence-corrected chi connectivity index (χ2v) is 5.30. The Labute approximate surface area is 91.6 Å². The van der Waals surface area contributed by atoms with Gasteiger partial charge in [0.1, 0.15) is 0 Å². The monoisotopic (exact) mass is 211 g/mol. The maximum Gasteiger partial charge on any atom is 0.310 e. The van der Waals surface area contributed by atoms with Crippen LogP contribution in [-0.2, 0) is 9.53 Å². The molecular formula is C12H21NO2. The number of carbonyl (C=O) groups excluding carboxylic acids is 1. The van der Waals surface area contributed by atoms with E-state index >= 15 is 0 Å². The van der Waals surface area contributed by atoms with E-state index in [1.807, 2.05) is 0 Å². The van der Waals surface area contributed by atoms with Crippen LogP contribution in [0.15, 0.2) is 0 Å². The number of methoxy groups -OCH3 is 1. The Morgan fingerprint density at radius 1 is 1.53 bits per heavy atom. The smallest absolute Gasteiger partial charge is 0.310 e. The van der Waals surface area contributed by atoms with E-state index in [1.165, 1.54) is 26.4 Å². The van der Waals surface area contributed by atoms with Gasteiger partial charge in [0, 0.05) is 11.6 Å². The number of fused-ring (bicyclic) bond motifs is 1. The first-order chi connectivity index (χ1) is 7.07. The maximum atomic E-state index is 11.6. The molecule has 0 aromatic carbocycles. The highest BCUT2D eigenvalue weighted by Crippen LogP contribution is 2.43. The number of carbonyl (C=O) groups is 1. The average molecular weight is 211 g/mol. The van der Waals surface area contributed by atoms with E-state index < -0.39 is 0 Å². The molecule has 1 aliphatic carbocycles. The molecule has 2 rings (SSSR count). The van der Waals surface area contributed by atoms with Crippen molar-refractivity contribution in [1.29, 1.82) is 0 Å². The summed E-state index contributed by atoms with van der Waals surface area (Å²) in [5.41, 5.74) is 0.268. The average Bonchev–Trinajstić information content (AvgIpc) is 2.55. The lowest BCUT2D eigenvalue weighted by molar-refractivity contribution is -0.148. The minimum absolute atomic E-state index is 0.0474. The van der Waals surface area contributed by atoms with Gasteiger partial charge in [-0.3, -0.25) is 4.79 Å². The molecule has 0 spiro atoms. The predicted octanol–water partition coefficient (Wildman–Crippen LogP) is 1.72. The van der Waals surface area contributed by atoms with Gasteiger partial charge in [-0.1, -0.05) is 6.42 Å². The van der Waals surface area contributed by atoms with Crippen molar-refractivity contribution in [2.75, 3.05) is 7.11 Å². The summed E-state index contributed by atoms with van der Waals surface area (Å²) in [7, 11) is 1.48. The number of hydrogen-bond donors (Lipinski definition) is 1. The molecule has 2 aliphatic rings. The van der Waals surface area contributed by atoms with E-state index in [-0.39, 0.29) is 23.5 Å². The van der Waals surface area contributed by atoms with Crippen LogP contribution in [0, 0.1) is 11.8 Å². The van der Waals surface area contributed by atoms with E-state index in [2.05, 4.69) is 19.2 Å². The van der Waals surface area contributed by atoms with E-state index in [0.29, 0.717) is 5.92 Å². The Balaban J connectivity index is 2.11. The second kappa shape index (κ2) is 3.78. The third-order valence-corrected chi connectivity index (χ3v) is 4.35. The van der Waals surface area contributed by atoms with Crippen molar-refractivity contribution in [2.24, 2.45) is 11.8 Å². The van der Waals surface area contributed by atoms with Gasteiger partial charge in [0.15, 0.2) is 0 Å². The first-order valence-electron chi connectivity index (χ1n) is 5.92. The molecule has 86 valence electrons. The highest BCUT2D eigenvalue weighted by molar-refractivity contribution is 5.73. The molecule has 4 unspecified atom stereocenters.